The van der Waals surface area contributed by atoms with E-state index in [0.717, 1.165) is 0 Å². The molecule has 102 valence electrons. The van der Waals surface area contributed by atoms with Gasteiger partial charge in [0.15, 0.2) is 0 Å². The van der Waals surface area contributed by atoms with Gasteiger partial charge < -0.3 is 4.74 Å². The molecule has 0 aliphatic rings. The average Bonchev–Trinajstić information content (AvgIpc) is 2.12. The topological polar surface area (TPSA) is 130 Å². The maximum atomic E-state index is 11.0. The van der Waals surface area contributed by atoms with Crippen molar-refractivity contribution >= 4 is 20.0 Å². The first-order valence-corrected chi connectivity index (χ1v) is 8.20. The Labute approximate surface area is 106 Å². The Bertz CT molecular complexity index is 637. The van der Waals surface area contributed by atoms with E-state index in [9.17, 15) is 16.8 Å². The molecule has 9 heteroatoms. The van der Waals surface area contributed by atoms with Gasteiger partial charge in [-0.25, -0.2) is 27.1 Å². The first-order valence-electron chi connectivity index (χ1n) is 4.77. The van der Waals surface area contributed by atoms with Gasteiger partial charge in [0.1, 0.15) is 5.75 Å². The second-order valence-electron chi connectivity index (χ2n) is 3.76. The summed E-state index contributed by atoms with van der Waals surface area (Å²) in [5, 5.41) is 9.86. The van der Waals surface area contributed by atoms with Crippen molar-refractivity contribution in [2.45, 2.75) is 11.5 Å². The van der Waals surface area contributed by atoms with Crippen LogP contribution in [-0.2, 0) is 31.6 Å². The Morgan fingerprint density at radius 1 is 1.06 bits per heavy atom. The molecule has 0 aromatic heterocycles. The van der Waals surface area contributed by atoms with Gasteiger partial charge in [-0.3, -0.25) is 0 Å². The van der Waals surface area contributed by atoms with E-state index >= 15 is 0 Å². The third kappa shape index (κ3) is 5.00. The number of nitrogens with two attached hydrogens (primary N) is 2. The van der Waals surface area contributed by atoms with E-state index in [1.807, 2.05) is 0 Å². The number of ether oxygens (including phenoxy) is 1. The number of primary sulfonamides is 2. The molecule has 0 saturated heterocycles. The van der Waals surface area contributed by atoms with Crippen LogP contribution in [0.15, 0.2) is 18.2 Å². The highest BCUT2D eigenvalue weighted by Gasteiger charge is 2.13. The van der Waals surface area contributed by atoms with Crippen LogP contribution in [-0.4, -0.2) is 23.9 Å². The monoisotopic (exact) mass is 294 g/mol. The van der Waals surface area contributed by atoms with E-state index in [2.05, 4.69) is 0 Å². The van der Waals surface area contributed by atoms with Crippen LogP contribution in [0.3, 0.4) is 0 Å². The maximum Gasteiger partial charge on any atom is 0.213 e. The lowest BCUT2D eigenvalue weighted by molar-refractivity contribution is 0.411. The number of hydrogen-bond donors (Lipinski definition) is 2. The van der Waals surface area contributed by atoms with Gasteiger partial charge >= 0.3 is 0 Å². The number of methoxy groups -OCH3 is 1. The van der Waals surface area contributed by atoms with Crippen molar-refractivity contribution < 1.29 is 21.6 Å². The molecule has 7 nitrogen and oxygen atoms in total. The van der Waals surface area contributed by atoms with Crippen molar-refractivity contribution in [1.29, 1.82) is 0 Å². The molecule has 0 fully saturated rings. The van der Waals surface area contributed by atoms with Gasteiger partial charge in [-0.15, -0.1) is 0 Å². The summed E-state index contributed by atoms with van der Waals surface area (Å²) in [4.78, 5) is 0. The number of hydrogen-bond acceptors (Lipinski definition) is 5. The zero-order valence-electron chi connectivity index (χ0n) is 9.66. The Morgan fingerprint density at radius 2 is 1.61 bits per heavy atom. The van der Waals surface area contributed by atoms with Gasteiger partial charge in [0, 0.05) is 5.56 Å². The summed E-state index contributed by atoms with van der Waals surface area (Å²) < 4.78 is 49.0. The molecule has 1 rings (SSSR count). The molecular formula is C9H14N2O5S2. The summed E-state index contributed by atoms with van der Waals surface area (Å²) in [6, 6.07) is 4.37. The van der Waals surface area contributed by atoms with Gasteiger partial charge in [0.2, 0.25) is 20.0 Å². The molecule has 0 spiro atoms. The Morgan fingerprint density at radius 3 is 2.06 bits per heavy atom. The van der Waals surface area contributed by atoms with Gasteiger partial charge in [0.05, 0.1) is 18.6 Å². The van der Waals surface area contributed by atoms with Crippen LogP contribution in [0.2, 0.25) is 0 Å². The summed E-state index contributed by atoms with van der Waals surface area (Å²) in [7, 11) is -6.03. The molecular weight excluding hydrogens is 280 g/mol. The van der Waals surface area contributed by atoms with Gasteiger partial charge in [-0.05, 0) is 17.7 Å². The first kappa shape index (κ1) is 14.9. The second kappa shape index (κ2) is 5.22. The molecule has 0 heterocycles. The van der Waals surface area contributed by atoms with Gasteiger partial charge in [-0.2, -0.15) is 0 Å². The minimum Gasteiger partial charge on any atom is -0.496 e. The first-order chi connectivity index (χ1) is 8.11. The zero-order valence-corrected chi connectivity index (χ0v) is 11.3. The fourth-order valence-corrected chi connectivity index (χ4v) is 2.79. The fraction of sp³-hybridized carbons (Fsp3) is 0.333. The lowest BCUT2D eigenvalue weighted by Crippen LogP contribution is -2.16. The minimum absolute atomic E-state index is 0.293. The molecule has 0 aliphatic carbocycles. The molecule has 4 N–H and O–H groups in total. The Hall–Kier alpha value is -1.16. The largest absolute Gasteiger partial charge is 0.496 e. The smallest absolute Gasteiger partial charge is 0.213 e. The highest BCUT2D eigenvalue weighted by Crippen LogP contribution is 2.22. The zero-order chi connectivity index (χ0) is 14.0. The van der Waals surface area contributed by atoms with Crippen LogP contribution in [0.4, 0.5) is 0 Å². The van der Waals surface area contributed by atoms with Gasteiger partial charge in [-0.1, -0.05) is 6.07 Å². The summed E-state index contributed by atoms with van der Waals surface area (Å²) in [6.07, 6.45) is 0. The van der Waals surface area contributed by atoms with E-state index in [1.54, 1.807) is 0 Å². The van der Waals surface area contributed by atoms with Crippen LogP contribution < -0.4 is 15.0 Å². The molecule has 1 aromatic rings. The van der Waals surface area contributed by atoms with E-state index in [1.165, 1.54) is 25.3 Å². The normalized spacial score (nSPS) is 12.4. The molecule has 0 aliphatic heterocycles. The van der Waals surface area contributed by atoms with Crippen LogP contribution in [0.1, 0.15) is 11.1 Å². The van der Waals surface area contributed by atoms with Gasteiger partial charge in [0.25, 0.3) is 0 Å². The summed E-state index contributed by atoms with van der Waals surface area (Å²) in [5.74, 6) is -0.495. The van der Waals surface area contributed by atoms with Crippen molar-refractivity contribution in [2.24, 2.45) is 10.3 Å². The summed E-state index contributed by atoms with van der Waals surface area (Å²) in [5.41, 5.74) is 0.665. The lowest BCUT2D eigenvalue weighted by atomic mass is 10.1. The number of benzene rings is 1. The van der Waals surface area contributed by atoms with Crippen molar-refractivity contribution in [3.05, 3.63) is 29.3 Å². The SMILES string of the molecule is COc1ccc(CS(N)(=O)=O)cc1CS(N)(=O)=O. The van der Waals surface area contributed by atoms with E-state index in [0.29, 0.717) is 16.9 Å². The summed E-state index contributed by atoms with van der Waals surface area (Å²) in [6.45, 7) is 0. The number of sulfonamides is 2. The third-order valence-electron chi connectivity index (χ3n) is 2.07. The Balaban J connectivity index is 3.17. The molecule has 0 unspecified atom stereocenters. The van der Waals surface area contributed by atoms with E-state index in [-0.39, 0.29) is 5.75 Å². The predicted octanol–water partition coefficient (Wildman–Crippen LogP) is -0.728. The van der Waals surface area contributed by atoms with Crippen LogP contribution in [0.25, 0.3) is 0 Å². The third-order valence-corrected chi connectivity index (χ3v) is 3.52. The average molecular weight is 294 g/mol. The van der Waals surface area contributed by atoms with Crippen LogP contribution in [0.5, 0.6) is 5.75 Å². The Kier molecular flexibility index (Phi) is 4.32. The molecule has 0 bridgehead atoms. The fourth-order valence-electron chi connectivity index (χ4n) is 1.48. The molecule has 1 aromatic carbocycles. The molecule has 0 saturated carbocycles. The molecule has 0 atom stereocenters. The van der Waals surface area contributed by atoms with Crippen molar-refractivity contribution in [1.82, 2.24) is 0 Å². The van der Waals surface area contributed by atoms with Crippen molar-refractivity contribution in [2.75, 3.05) is 7.11 Å². The quantitative estimate of drug-likeness (QED) is 0.739. The minimum atomic E-state index is -3.73. The maximum absolute atomic E-state index is 11.0. The predicted molar refractivity (Wildman–Crippen MR) is 66.6 cm³/mol. The number of rotatable bonds is 5. The summed E-state index contributed by atoms with van der Waals surface area (Å²) >= 11 is 0. The van der Waals surface area contributed by atoms with Crippen molar-refractivity contribution in [3.8, 4) is 5.75 Å². The van der Waals surface area contributed by atoms with E-state index in [4.69, 9.17) is 15.0 Å². The standard InChI is InChI=1S/C9H14N2O5S2/c1-16-9-3-2-7(5-17(10,12)13)4-8(9)6-18(11,14)15/h2-4H,5-6H2,1H3,(H2,10,12,13)(H2,11,14,15). The van der Waals surface area contributed by atoms with Crippen LogP contribution >= 0.6 is 0 Å². The molecule has 18 heavy (non-hydrogen) atoms. The highest BCUT2D eigenvalue weighted by molar-refractivity contribution is 7.88. The lowest BCUT2D eigenvalue weighted by Gasteiger charge is -2.09. The van der Waals surface area contributed by atoms with E-state index < -0.39 is 25.8 Å². The highest BCUT2D eigenvalue weighted by atomic mass is 32.2. The van der Waals surface area contributed by atoms with Crippen LogP contribution in [0, 0.1) is 0 Å². The molecule has 0 radical (unpaired) electrons. The second-order valence-corrected chi connectivity index (χ2v) is 6.99. The van der Waals surface area contributed by atoms with Crippen molar-refractivity contribution in [3.63, 3.8) is 0 Å². The molecule has 0 amide bonds.